The zero-order chi connectivity index (χ0) is 13.3. The zero-order valence-electron chi connectivity index (χ0n) is 9.66. The molecule has 0 aromatic heterocycles. The fourth-order valence-corrected chi connectivity index (χ4v) is 2.09. The van der Waals surface area contributed by atoms with Gasteiger partial charge in [0.2, 0.25) is 0 Å². The second-order valence-electron chi connectivity index (χ2n) is 3.96. The number of ketones is 1. The van der Waals surface area contributed by atoms with Crippen LogP contribution in [0.1, 0.15) is 16.8 Å². The van der Waals surface area contributed by atoms with Crippen LogP contribution >= 0.6 is 11.6 Å². The number of carbonyl (C=O) groups excluding carboxylic acids is 2. The standard InChI is InChI=1S/C12H10ClN3O2/c1-16(4-2-3-14)10-6-9-7(5-8(10)13)11(17)12(18)15-9/h5-6H,2,4H2,1H3,(H,15,17,18). The Morgan fingerprint density at radius 2 is 2.17 bits per heavy atom. The van der Waals surface area contributed by atoms with E-state index in [4.69, 9.17) is 16.9 Å². The van der Waals surface area contributed by atoms with Gasteiger partial charge in [0.1, 0.15) is 0 Å². The molecule has 0 radical (unpaired) electrons. The number of hydrogen-bond acceptors (Lipinski definition) is 4. The van der Waals surface area contributed by atoms with Gasteiger partial charge in [-0.05, 0) is 12.1 Å². The van der Waals surface area contributed by atoms with Gasteiger partial charge >= 0.3 is 0 Å². The SMILES string of the molecule is CN(CCC#N)c1cc2c(cc1Cl)C(=O)C(=O)N2. The van der Waals surface area contributed by atoms with Crippen LogP contribution in [0.2, 0.25) is 5.02 Å². The molecule has 92 valence electrons. The number of Topliss-reactive ketones (excluding diaryl/α,β-unsaturated/α-hetero) is 1. The van der Waals surface area contributed by atoms with Crippen LogP contribution < -0.4 is 10.2 Å². The zero-order valence-corrected chi connectivity index (χ0v) is 10.4. The lowest BCUT2D eigenvalue weighted by molar-refractivity contribution is -0.112. The number of carbonyl (C=O) groups is 2. The van der Waals surface area contributed by atoms with E-state index in [0.717, 1.165) is 0 Å². The number of nitrogens with zero attached hydrogens (tertiary/aromatic N) is 2. The predicted octanol–water partition coefficient (Wildman–Crippen LogP) is 1.82. The molecule has 0 bridgehead atoms. The average molecular weight is 264 g/mol. The van der Waals surface area contributed by atoms with E-state index in [9.17, 15) is 9.59 Å². The molecule has 1 heterocycles. The number of rotatable bonds is 3. The van der Waals surface area contributed by atoms with Gasteiger partial charge in [-0.1, -0.05) is 11.6 Å². The Morgan fingerprint density at radius 3 is 2.83 bits per heavy atom. The summed E-state index contributed by atoms with van der Waals surface area (Å²) in [7, 11) is 1.80. The number of nitrogens with one attached hydrogen (secondary N) is 1. The molecule has 0 saturated carbocycles. The molecule has 2 rings (SSSR count). The lowest BCUT2D eigenvalue weighted by atomic mass is 10.1. The molecule has 1 N–H and O–H groups in total. The highest BCUT2D eigenvalue weighted by molar-refractivity contribution is 6.52. The molecular weight excluding hydrogens is 254 g/mol. The minimum absolute atomic E-state index is 0.294. The molecule has 1 amide bonds. The van der Waals surface area contributed by atoms with E-state index < -0.39 is 11.7 Å². The Kier molecular flexibility index (Phi) is 3.21. The molecule has 1 aromatic carbocycles. The van der Waals surface area contributed by atoms with E-state index in [1.165, 1.54) is 6.07 Å². The first-order valence-electron chi connectivity index (χ1n) is 5.32. The third-order valence-electron chi connectivity index (χ3n) is 2.76. The molecule has 0 saturated heterocycles. The van der Waals surface area contributed by atoms with Crippen molar-refractivity contribution >= 4 is 34.7 Å². The molecule has 0 spiro atoms. The second kappa shape index (κ2) is 4.67. The first-order chi connectivity index (χ1) is 8.54. The summed E-state index contributed by atoms with van der Waals surface area (Å²) in [5.41, 5.74) is 1.44. The van der Waals surface area contributed by atoms with Gasteiger partial charge in [-0.3, -0.25) is 9.59 Å². The smallest absolute Gasteiger partial charge is 0.296 e. The number of benzene rings is 1. The third kappa shape index (κ3) is 2.03. The lowest BCUT2D eigenvalue weighted by Crippen LogP contribution is -2.18. The van der Waals surface area contributed by atoms with Crippen molar-refractivity contribution in [2.45, 2.75) is 6.42 Å². The van der Waals surface area contributed by atoms with Crippen molar-refractivity contribution in [2.24, 2.45) is 0 Å². The van der Waals surface area contributed by atoms with Gasteiger partial charge < -0.3 is 10.2 Å². The van der Waals surface area contributed by atoms with Crippen LogP contribution in [-0.2, 0) is 4.79 Å². The van der Waals surface area contributed by atoms with Crippen LogP contribution in [0.25, 0.3) is 0 Å². The Labute approximate surface area is 109 Å². The van der Waals surface area contributed by atoms with E-state index in [-0.39, 0.29) is 0 Å². The molecule has 1 aromatic rings. The summed E-state index contributed by atoms with van der Waals surface area (Å²) in [6.45, 7) is 0.525. The van der Waals surface area contributed by atoms with E-state index >= 15 is 0 Å². The van der Waals surface area contributed by atoms with E-state index in [0.29, 0.717) is 34.9 Å². The van der Waals surface area contributed by atoms with Crippen molar-refractivity contribution in [2.75, 3.05) is 23.8 Å². The van der Waals surface area contributed by atoms with Crippen molar-refractivity contribution < 1.29 is 9.59 Å². The molecule has 6 heteroatoms. The van der Waals surface area contributed by atoms with Crippen molar-refractivity contribution in [1.82, 2.24) is 0 Å². The van der Waals surface area contributed by atoms with Gasteiger partial charge in [0.25, 0.3) is 11.7 Å². The molecule has 0 aliphatic carbocycles. The number of halogens is 1. The first kappa shape index (κ1) is 12.4. The van der Waals surface area contributed by atoms with Gasteiger partial charge in [0.05, 0.1) is 34.5 Å². The minimum atomic E-state index is -0.641. The summed E-state index contributed by atoms with van der Waals surface area (Å²) in [4.78, 5) is 24.5. The molecule has 1 aliphatic rings. The largest absolute Gasteiger partial charge is 0.372 e. The monoisotopic (exact) mass is 263 g/mol. The summed E-state index contributed by atoms with van der Waals surface area (Å²) in [5.74, 6) is -1.21. The maximum atomic E-state index is 11.5. The lowest BCUT2D eigenvalue weighted by Gasteiger charge is -2.19. The molecular formula is C12H10ClN3O2. The Bertz CT molecular complexity index is 577. The van der Waals surface area contributed by atoms with Gasteiger partial charge in [-0.15, -0.1) is 0 Å². The van der Waals surface area contributed by atoms with Crippen molar-refractivity contribution in [3.8, 4) is 6.07 Å². The van der Waals surface area contributed by atoms with Crippen LogP contribution in [0.4, 0.5) is 11.4 Å². The fourth-order valence-electron chi connectivity index (χ4n) is 1.79. The molecule has 18 heavy (non-hydrogen) atoms. The highest BCUT2D eigenvalue weighted by atomic mass is 35.5. The molecule has 0 atom stereocenters. The van der Waals surface area contributed by atoms with Gasteiger partial charge in [-0.2, -0.15) is 5.26 Å². The highest BCUT2D eigenvalue weighted by Crippen LogP contribution is 2.34. The summed E-state index contributed by atoms with van der Waals surface area (Å²) in [6.07, 6.45) is 0.370. The Hall–Kier alpha value is -2.06. The normalized spacial score (nSPS) is 12.9. The third-order valence-corrected chi connectivity index (χ3v) is 3.06. The highest BCUT2D eigenvalue weighted by Gasteiger charge is 2.29. The number of fused-ring (bicyclic) bond motifs is 1. The van der Waals surface area contributed by atoms with Crippen LogP contribution in [0.5, 0.6) is 0 Å². The fraction of sp³-hybridized carbons (Fsp3) is 0.250. The minimum Gasteiger partial charge on any atom is -0.372 e. The van der Waals surface area contributed by atoms with Crippen LogP contribution in [0.15, 0.2) is 12.1 Å². The molecule has 1 aliphatic heterocycles. The van der Waals surface area contributed by atoms with Crippen molar-refractivity contribution in [1.29, 1.82) is 5.26 Å². The van der Waals surface area contributed by atoms with E-state index in [2.05, 4.69) is 5.32 Å². The summed E-state index contributed by atoms with van der Waals surface area (Å²) < 4.78 is 0. The molecule has 0 fully saturated rings. The van der Waals surface area contributed by atoms with Crippen LogP contribution in [0.3, 0.4) is 0 Å². The van der Waals surface area contributed by atoms with Gasteiger partial charge in [-0.25, -0.2) is 0 Å². The molecule has 5 nitrogen and oxygen atoms in total. The second-order valence-corrected chi connectivity index (χ2v) is 4.37. The average Bonchev–Trinajstić information content (AvgIpc) is 2.62. The summed E-state index contributed by atoms with van der Waals surface area (Å²) in [5, 5.41) is 11.4. The van der Waals surface area contributed by atoms with E-state index in [1.54, 1.807) is 18.0 Å². The predicted molar refractivity (Wildman–Crippen MR) is 67.9 cm³/mol. The molecule has 0 unspecified atom stereocenters. The summed E-state index contributed by atoms with van der Waals surface area (Å²) >= 11 is 6.08. The Balaban J connectivity index is 2.36. The van der Waals surface area contributed by atoms with Crippen LogP contribution in [0, 0.1) is 11.3 Å². The van der Waals surface area contributed by atoms with Crippen molar-refractivity contribution in [3.63, 3.8) is 0 Å². The first-order valence-corrected chi connectivity index (χ1v) is 5.69. The number of amides is 1. The number of nitriles is 1. The Morgan fingerprint density at radius 1 is 1.44 bits per heavy atom. The van der Waals surface area contributed by atoms with Gasteiger partial charge in [0, 0.05) is 13.6 Å². The van der Waals surface area contributed by atoms with Crippen molar-refractivity contribution in [3.05, 3.63) is 22.7 Å². The summed E-state index contributed by atoms with van der Waals surface area (Å²) in [6, 6.07) is 5.18. The maximum Gasteiger partial charge on any atom is 0.296 e. The van der Waals surface area contributed by atoms with E-state index in [1.807, 2.05) is 6.07 Å². The number of anilines is 2. The van der Waals surface area contributed by atoms with Gasteiger partial charge in [0.15, 0.2) is 0 Å². The maximum absolute atomic E-state index is 11.5. The van der Waals surface area contributed by atoms with Crippen LogP contribution in [-0.4, -0.2) is 25.3 Å². The topological polar surface area (TPSA) is 73.2 Å². The number of hydrogen-bond donors (Lipinski definition) is 1. The quantitative estimate of drug-likeness (QED) is 0.845.